The Kier molecular flexibility index (Phi) is 5.88. The van der Waals surface area contributed by atoms with Crippen LogP contribution in [0.1, 0.15) is 29.3 Å². The summed E-state index contributed by atoms with van der Waals surface area (Å²) in [5, 5.41) is 7.25. The number of nitrogens with one attached hydrogen (secondary N) is 2. The van der Waals surface area contributed by atoms with E-state index in [1.807, 2.05) is 0 Å². The van der Waals surface area contributed by atoms with Crippen molar-refractivity contribution in [2.75, 3.05) is 5.32 Å². The smallest absolute Gasteiger partial charge is 0.271 e. The molecule has 2 N–H and O–H groups in total. The number of hydrogen-bond acceptors (Lipinski definition) is 3. The number of hydrazone groups is 1. The molecule has 118 valence electrons. The van der Waals surface area contributed by atoms with Gasteiger partial charge in [-0.1, -0.05) is 30.7 Å². The minimum Gasteiger partial charge on any atom is -0.326 e. The summed E-state index contributed by atoms with van der Waals surface area (Å²) < 4.78 is 0. The molecule has 23 heavy (non-hydrogen) atoms. The third kappa shape index (κ3) is 5.23. The van der Waals surface area contributed by atoms with E-state index in [0.717, 1.165) is 5.56 Å². The molecule has 0 saturated heterocycles. The highest BCUT2D eigenvalue weighted by Crippen LogP contribution is 2.10. The van der Waals surface area contributed by atoms with Gasteiger partial charge in [0.2, 0.25) is 5.91 Å². The molecule has 0 aliphatic rings. The van der Waals surface area contributed by atoms with Gasteiger partial charge in [0, 0.05) is 22.7 Å². The second-order valence-electron chi connectivity index (χ2n) is 4.73. The fraction of sp³-hybridized carbons (Fsp3) is 0.118. The van der Waals surface area contributed by atoms with Crippen LogP contribution in [0.15, 0.2) is 53.6 Å². The van der Waals surface area contributed by atoms with Crippen LogP contribution in [0.4, 0.5) is 5.69 Å². The number of hydrogen-bond donors (Lipinski definition) is 2. The quantitative estimate of drug-likeness (QED) is 0.651. The first-order chi connectivity index (χ1) is 11.1. The van der Waals surface area contributed by atoms with Crippen LogP contribution >= 0.6 is 11.6 Å². The molecule has 0 aliphatic heterocycles. The minimum absolute atomic E-state index is 0.0743. The summed E-state index contributed by atoms with van der Waals surface area (Å²) >= 11 is 5.79. The molecule has 0 fully saturated rings. The van der Waals surface area contributed by atoms with Crippen molar-refractivity contribution in [1.82, 2.24) is 5.43 Å². The first-order valence-corrected chi connectivity index (χ1v) is 7.45. The van der Waals surface area contributed by atoms with Crippen LogP contribution in [0, 0.1) is 0 Å². The van der Waals surface area contributed by atoms with E-state index in [4.69, 9.17) is 11.6 Å². The maximum Gasteiger partial charge on any atom is 0.271 e. The summed E-state index contributed by atoms with van der Waals surface area (Å²) in [6, 6.07) is 13.7. The highest BCUT2D eigenvalue weighted by atomic mass is 35.5. The van der Waals surface area contributed by atoms with E-state index < -0.39 is 0 Å². The number of benzene rings is 2. The standard InChI is InChI=1S/C17H16ClN3O2/c1-2-16(22)20-15-9-5-13(6-10-15)17(23)21-19-11-12-3-7-14(18)8-4-12/h3-11H,2H2,1H3,(H,20,22)(H,21,23)/b19-11+. The normalized spacial score (nSPS) is 10.5. The molecule has 0 heterocycles. The lowest BCUT2D eigenvalue weighted by atomic mass is 10.2. The Bertz CT molecular complexity index is 710. The van der Waals surface area contributed by atoms with Crippen LogP contribution in [0.25, 0.3) is 0 Å². The van der Waals surface area contributed by atoms with Gasteiger partial charge < -0.3 is 5.32 Å². The van der Waals surface area contributed by atoms with Crippen molar-refractivity contribution in [2.45, 2.75) is 13.3 Å². The molecule has 0 radical (unpaired) electrons. The lowest BCUT2D eigenvalue weighted by Crippen LogP contribution is -2.17. The molecular formula is C17H16ClN3O2. The highest BCUT2D eigenvalue weighted by molar-refractivity contribution is 6.30. The fourth-order valence-electron chi connectivity index (χ4n) is 1.73. The molecular weight excluding hydrogens is 314 g/mol. The second kappa shape index (κ2) is 8.10. The van der Waals surface area contributed by atoms with Gasteiger partial charge in [-0.2, -0.15) is 5.10 Å². The maximum atomic E-state index is 11.9. The van der Waals surface area contributed by atoms with E-state index >= 15 is 0 Å². The van der Waals surface area contributed by atoms with E-state index in [9.17, 15) is 9.59 Å². The average molecular weight is 330 g/mol. The Morgan fingerprint density at radius 2 is 1.74 bits per heavy atom. The number of anilines is 1. The highest BCUT2D eigenvalue weighted by Gasteiger charge is 2.05. The Labute approximate surface area is 139 Å². The molecule has 0 atom stereocenters. The summed E-state index contributed by atoms with van der Waals surface area (Å²) in [5.41, 5.74) is 4.37. The molecule has 2 rings (SSSR count). The van der Waals surface area contributed by atoms with Gasteiger partial charge in [0.05, 0.1) is 6.21 Å². The van der Waals surface area contributed by atoms with Gasteiger partial charge >= 0.3 is 0 Å². The predicted octanol–water partition coefficient (Wildman–Crippen LogP) is 3.45. The van der Waals surface area contributed by atoms with Crippen LogP contribution in [-0.2, 0) is 4.79 Å². The van der Waals surface area contributed by atoms with Gasteiger partial charge in [0.25, 0.3) is 5.91 Å². The first-order valence-electron chi connectivity index (χ1n) is 7.07. The van der Waals surface area contributed by atoms with Crippen LogP contribution in [0.5, 0.6) is 0 Å². The molecule has 0 saturated carbocycles. The van der Waals surface area contributed by atoms with Crippen molar-refractivity contribution in [2.24, 2.45) is 5.10 Å². The van der Waals surface area contributed by atoms with Crippen molar-refractivity contribution in [3.05, 3.63) is 64.7 Å². The van der Waals surface area contributed by atoms with E-state index in [1.165, 1.54) is 6.21 Å². The Morgan fingerprint density at radius 3 is 2.35 bits per heavy atom. The van der Waals surface area contributed by atoms with Crippen molar-refractivity contribution in [3.8, 4) is 0 Å². The van der Waals surface area contributed by atoms with Crippen molar-refractivity contribution in [1.29, 1.82) is 0 Å². The Hall–Kier alpha value is -2.66. The number of amides is 2. The molecule has 2 aromatic rings. The largest absolute Gasteiger partial charge is 0.326 e. The van der Waals surface area contributed by atoms with Gasteiger partial charge in [-0.15, -0.1) is 0 Å². The summed E-state index contributed by atoms with van der Waals surface area (Å²) in [4.78, 5) is 23.2. The van der Waals surface area contributed by atoms with Crippen molar-refractivity contribution >= 4 is 35.3 Å². The number of rotatable bonds is 5. The summed E-state index contributed by atoms with van der Waals surface area (Å²) in [5.74, 6) is -0.404. The predicted molar refractivity (Wildman–Crippen MR) is 91.9 cm³/mol. The van der Waals surface area contributed by atoms with Crippen molar-refractivity contribution < 1.29 is 9.59 Å². The molecule has 0 aliphatic carbocycles. The average Bonchev–Trinajstić information content (AvgIpc) is 2.57. The molecule has 2 amide bonds. The lowest BCUT2D eigenvalue weighted by Gasteiger charge is -2.04. The van der Waals surface area contributed by atoms with Crippen LogP contribution < -0.4 is 10.7 Å². The number of carbonyl (C=O) groups excluding carboxylic acids is 2. The van der Waals surface area contributed by atoms with Crippen LogP contribution in [-0.4, -0.2) is 18.0 Å². The fourth-order valence-corrected chi connectivity index (χ4v) is 1.86. The lowest BCUT2D eigenvalue weighted by molar-refractivity contribution is -0.115. The zero-order chi connectivity index (χ0) is 16.7. The van der Waals surface area contributed by atoms with Gasteiger partial charge in [-0.05, 0) is 42.0 Å². The van der Waals surface area contributed by atoms with Crippen molar-refractivity contribution in [3.63, 3.8) is 0 Å². The number of nitrogens with zero attached hydrogens (tertiary/aromatic N) is 1. The topological polar surface area (TPSA) is 70.6 Å². The summed E-state index contributed by atoms with van der Waals surface area (Å²) in [6.45, 7) is 1.77. The monoisotopic (exact) mass is 329 g/mol. The summed E-state index contributed by atoms with van der Waals surface area (Å²) in [7, 11) is 0. The SMILES string of the molecule is CCC(=O)Nc1ccc(C(=O)N/N=C/c2ccc(Cl)cc2)cc1. The van der Waals surface area contributed by atoms with E-state index in [2.05, 4.69) is 15.8 Å². The maximum absolute atomic E-state index is 11.9. The number of halogens is 1. The molecule has 5 nitrogen and oxygen atoms in total. The van der Waals surface area contributed by atoms with Gasteiger partial charge in [0.15, 0.2) is 0 Å². The first kappa shape index (κ1) is 16.7. The molecule has 0 spiro atoms. The van der Waals surface area contributed by atoms with Gasteiger partial charge in [0.1, 0.15) is 0 Å². The van der Waals surface area contributed by atoms with Gasteiger partial charge in [-0.3, -0.25) is 9.59 Å². The van der Waals surface area contributed by atoms with E-state index in [0.29, 0.717) is 22.7 Å². The third-order valence-electron chi connectivity index (χ3n) is 3.00. The molecule has 0 aromatic heterocycles. The molecule has 0 bridgehead atoms. The zero-order valence-corrected chi connectivity index (χ0v) is 13.3. The zero-order valence-electron chi connectivity index (χ0n) is 12.5. The van der Waals surface area contributed by atoms with E-state index in [1.54, 1.807) is 55.5 Å². The van der Waals surface area contributed by atoms with Gasteiger partial charge in [-0.25, -0.2) is 5.43 Å². The Morgan fingerprint density at radius 1 is 1.09 bits per heavy atom. The third-order valence-corrected chi connectivity index (χ3v) is 3.25. The number of carbonyl (C=O) groups is 2. The minimum atomic E-state index is -0.330. The van der Waals surface area contributed by atoms with Crippen LogP contribution in [0.2, 0.25) is 5.02 Å². The Balaban J connectivity index is 1.92. The molecule has 2 aromatic carbocycles. The van der Waals surface area contributed by atoms with Crippen LogP contribution in [0.3, 0.4) is 0 Å². The summed E-state index contributed by atoms with van der Waals surface area (Å²) in [6.07, 6.45) is 1.94. The molecule has 0 unspecified atom stereocenters. The van der Waals surface area contributed by atoms with E-state index in [-0.39, 0.29) is 11.8 Å². The molecule has 6 heteroatoms. The second-order valence-corrected chi connectivity index (χ2v) is 5.17.